The summed E-state index contributed by atoms with van der Waals surface area (Å²) in [5.74, 6) is -0.360. The summed E-state index contributed by atoms with van der Waals surface area (Å²) >= 11 is 0. The molecule has 1 fully saturated rings. The summed E-state index contributed by atoms with van der Waals surface area (Å²) in [4.78, 5) is 25.4. The molecule has 9 heteroatoms. The third-order valence-electron chi connectivity index (χ3n) is 3.90. The van der Waals surface area contributed by atoms with Gasteiger partial charge in [0, 0.05) is 25.1 Å². The standard InChI is InChI=1S/C15H14F3N5O/c16-15(17,18)11-4-3-9(8-22-11)10-2-1-7-23(10)14(24)12-13(19)21-6-5-20-12/h3-6,8,10H,1-2,7H2,(H2,19,21)/t10-/m1/s1. The van der Waals surface area contributed by atoms with Crippen LogP contribution in [-0.2, 0) is 6.18 Å². The molecule has 3 rings (SSSR count). The highest BCUT2D eigenvalue weighted by Crippen LogP contribution is 2.34. The highest BCUT2D eigenvalue weighted by atomic mass is 19.4. The number of nitrogen functional groups attached to an aromatic ring is 1. The van der Waals surface area contributed by atoms with E-state index in [2.05, 4.69) is 15.0 Å². The molecule has 0 bridgehead atoms. The highest BCUT2D eigenvalue weighted by molar-refractivity contribution is 5.96. The Morgan fingerprint density at radius 2 is 1.96 bits per heavy atom. The topological polar surface area (TPSA) is 85.0 Å². The molecule has 1 saturated heterocycles. The molecule has 1 amide bonds. The molecule has 0 saturated carbocycles. The summed E-state index contributed by atoms with van der Waals surface area (Å²) in [6.07, 6.45) is 0.801. The van der Waals surface area contributed by atoms with Crippen molar-refractivity contribution in [1.29, 1.82) is 0 Å². The summed E-state index contributed by atoms with van der Waals surface area (Å²) in [6, 6.07) is 1.92. The number of rotatable bonds is 2. The molecular formula is C15H14F3N5O. The van der Waals surface area contributed by atoms with E-state index in [1.165, 1.54) is 24.7 Å². The smallest absolute Gasteiger partial charge is 0.382 e. The molecule has 0 aromatic carbocycles. The molecule has 0 aliphatic carbocycles. The van der Waals surface area contributed by atoms with Crippen molar-refractivity contribution in [3.05, 3.63) is 47.7 Å². The van der Waals surface area contributed by atoms with Gasteiger partial charge in [-0.05, 0) is 24.5 Å². The van der Waals surface area contributed by atoms with Crippen LogP contribution in [0, 0.1) is 0 Å². The van der Waals surface area contributed by atoms with Gasteiger partial charge >= 0.3 is 6.18 Å². The monoisotopic (exact) mass is 337 g/mol. The molecule has 24 heavy (non-hydrogen) atoms. The van der Waals surface area contributed by atoms with E-state index in [-0.39, 0.29) is 23.5 Å². The van der Waals surface area contributed by atoms with E-state index in [4.69, 9.17) is 5.73 Å². The number of anilines is 1. The van der Waals surface area contributed by atoms with Crippen molar-refractivity contribution in [2.24, 2.45) is 0 Å². The summed E-state index contributed by atoms with van der Waals surface area (Å²) in [5, 5.41) is 0. The number of nitrogens with two attached hydrogens (primary N) is 1. The van der Waals surface area contributed by atoms with Crippen LogP contribution in [-0.4, -0.2) is 32.3 Å². The molecular weight excluding hydrogens is 323 g/mol. The fourth-order valence-corrected chi connectivity index (χ4v) is 2.78. The van der Waals surface area contributed by atoms with E-state index < -0.39 is 11.9 Å². The maximum atomic E-state index is 12.6. The SMILES string of the molecule is Nc1nccnc1C(=O)N1CCC[C@@H]1c1ccc(C(F)(F)F)nc1. The molecule has 6 nitrogen and oxygen atoms in total. The molecule has 1 aliphatic heterocycles. The molecule has 2 aromatic rings. The number of nitrogens with zero attached hydrogens (tertiary/aromatic N) is 4. The van der Waals surface area contributed by atoms with Gasteiger partial charge in [0.2, 0.25) is 0 Å². The molecule has 2 aromatic heterocycles. The number of pyridine rings is 1. The lowest BCUT2D eigenvalue weighted by molar-refractivity contribution is -0.141. The Kier molecular flexibility index (Phi) is 4.08. The van der Waals surface area contributed by atoms with Gasteiger partial charge in [0.15, 0.2) is 11.5 Å². The fraction of sp³-hybridized carbons (Fsp3) is 0.333. The average molecular weight is 337 g/mol. The number of hydrogen-bond acceptors (Lipinski definition) is 5. The molecule has 0 radical (unpaired) electrons. The summed E-state index contributed by atoms with van der Waals surface area (Å²) < 4.78 is 37.8. The van der Waals surface area contributed by atoms with Crippen LogP contribution in [0.15, 0.2) is 30.7 Å². The molecule has 0 spiro atoms. The fourth-order valence-electron chi connectivity index (χ4n) is 2.78. The Bertz CT molecular complexity index is 748. The largest absolute Gasteiger partial charge is 0.433 e. The molecule has 1 aliphatic rings. The zero-order valence-corrected chi connectivity index (χ0v) is 12.5. The lowest BCUT2D eigenvalue weighted by atomic mass is 10.1. The van der Waals surface area contributed by atoms with Crippen molar-refractivity contribution in [2.75, 3.05) is 12.3 Å². The van der Waals surface area contributed by atoms with E-state index in [0.29, 0.717) is 18.5 Å². The summed E-state index contributed by atoms with van der Waals surface area (Å²) in [5.41, 5.74) is 5.32. The van der Waals surface area contributed by atoms with Crippen LogP contribution < -0.4 is 5.73 Å². The Hall–Kier alpha value is -2.71. The quantitative estimate of drug-likeness (QED) is 0.910. The van der Waals surface area contributed by atoms with Crippen molar-refractivity contribution in [1.82, 2.24) is 19.9 Å². The van der Waals surface area contributed by atoms with Gasteiger partial charge in [0.1, 0.15) is 5.69 Å². The van der Waals surface area contributed by atoms with E-state index in [9.17, 15) is 18.0 Å². The highest BCUT2D eigenvalue weighted by Gasteiger charge is 2.35. The Morgan fingerprint density at radius 1 is 1.21 bits per heavy atom. The minimum Gasteiger partial charge on any atom is -0.382 e. The first-order valence-electron chi connectivity index (χ1n) is 7.28. The van der Waals surface area contributed by atoms with E-state index in [1.807, 2.05) is 0 Å². The Balaban J connectivity index is 1.86. The van der Waals surface area contributed by atoms with E-state index in [0.717, 1.165) is 12.5 Å². The number of alkyl halides is 3. The minimum atomic E-state index is -4.49. The zero-order chi connectivity index (χ0) is 17.3. The predicted octanol–water partition coefficient (Wildman–Crippen LogP) is 2.45. The van der Waals surface area contributed by atoms with Crippen LogP contribution in [0.25, 0.3) is 0 Å². The van der Waals surface area contributed by atoms with E-state index >= 15 is 0 Å². The second kappa shape index (κ2) is 6.06. The summed E-state index contributed by atoms with van der Waals surface area (Å²) in [6.45, 7) is 0.473. The van der Waals surface area contributed by atoms with Crippen molar-refractivity contribution < 1.29 is 18.0 Å². The molecule has 3 heterocycles. The molecule has 2 N–H and O–H groups in total. The van der Waals surface area contributed by atoms with Gasteiger partial charge in [0.05, 0.1) is 6.04 Å². The van der Waals surface area contributed by atoms with Crippen LogP contribution in [0.5, 0.6) is 0 Å². The number of aromatic nitrogens is 3. The molecule has 1 atom stereocenters. The first-order chi connectivity index (χ1) is 11.4. The van der Waals surface area contributed by atoms with Crippen LogP contribution in [0.4, 0.5) is 19.0 Å². The van der Waals surface area contributed by atoms with Crippen molar-refractivity contribution in [2.45, 2.75) is 25.1 Å². The maximum Gasteiger partial charge on any atom is 0.433 e. The second-order valence-corrected chi connectivity index (χ2v) is 5.42. The second-order valence-electron chi connectivity index (χ2n) is 5.42. The number of carbonyl (C=O) groups excluding carboxylic acids is 1. The predicted molar refractivity (Wildman–Crippen MR) is 78.7 cm³/mol. The number of likely N-dealkylation sites (tertiary alicyclic amines) is 1. The third kappa shape index (κ3) is 3.01. The van der Waals surface area contributed by atoms with Crippen LogP contribution in [0.3, 0.4) is 0 Å². The third-order valence-corrected chi connectivity index (χ3v) is 3.90. The number of amides is 1. The first-order valence-corrected chi connectivity index (χ1v) is 7.28. The van der Waals surface area contributed by atoms with Gasteiger partial charge < -0.3 is 10.6 Å². The Labute approximate surface area is 135 Å². The number of hydrogen-bond donors (Lipinski definition) is 1. The van der Waals surface area contributed by atoms with Crippen molar-refractivity contribution in [3.63, 3.8) is 0 Å². The normalized spacial score (nSPS) is 18.0. The van der Waals surface area contributed by atoms with Crippen molar-refractivity contribution in [3.8, 4) is 0 Å². The van der Waals surface area contributed by atoms with Gasteiger partial charge in [-0.15, -0.1) is 0 Å². The van der Waals surface area contributed by atoms with Gasteiger partial charge in [-0.3, -0.25) is 9.78 Å². The van der Waals surface area contributed by atoms with Gasteiger partial charge in [-0.1, -0.05) is 6.07 Å². The Morgan fingerprint density at radius 3 is 2.58 bits per heavy atom. The minimum absolute atomic E-state index is 0.0266. The van der Waals surface area contributed by atoms with Crippen LogP contribution in [0.2, 0.25) is 0 Å². The lowest BCUT2D eigenvalue weighted by Gasteiger charge is -2.25. The van der Waals surface area contributed by atoms with Gasteiger partial charge in [-0.25, -0.2) is 9.97 Å². The molecule has 0 unspecified atom stereocenters. The van der Waals surface area contributed by atoms with E-state index in [1.54, 1.807) is 4.90 Å². The average Bonchev–Trinajstić information content (AvgIpc) is 3.03. The maximum absolute atomic E-state index is 12.6. The zero-order valence-electron chi connectivity index (χ0n) is 12.5. The van der Waals surface area contributed by atoms with Crippen molar-refractivity contribution >= 4 is 11.7 Å². The lowest BCUT2D eigenvalue weighted by Crippen LogP contribution is -2.32. The van der Waals surface area contributed by atoms with Crippen LogP contribution >= 0.6 is 0 Å². The van der Waals surface area contributed by atoms with Gasteiger partial charge in [-0.2, -0.15) is 13.2 Å². The number of halogens is 3. The first kappa shape index (κ1) is 16.2. The summed E-state index contributed by atoms with van der Waals surface area (Å²) in [7, 11) is 0. The van der Waals surface area contributed by atoms with Crippen LogP contribution in [0.1, 0.15) is 40.6 Å². The molecule has 126 valence electrons. The number of carbonyl (C=O) groups is 1. The van der Waals surface area contributed by atoms with Gasteiger partial charge in [0.25, 0.3) is 5.91 Å².